The van der Waals surface area contributed by atoms with Crippen LogP contribution in [0.25, 0.3) is 0 Å². The Balaban J connectivity index is 0.00000400. The molecule has 0 aliphatic heterocycles. The molecule has 0 unspecified atom stereocenters. The van der Waals surface area contributed by atoms with E-state index in [0.717, 1.165) is 36.8 Å². The summed E-state index contributed by atoms with van der Waals surface area (Å²) in [6.45, 7) is 3.67. The van der Waals surface area contributed by atoms with E-state index in [9.17, 15) is 0 Å². The molecule has 1 aromatic carbocycles. The zero-order valence-electron chi connectivity index (χ0n) is 13.3. The van der Waals surface area contributed by atoms with E-state index >= 15 is 0 Å². The number of guanidine groups is 1. The predicted molar refractivity (Wildman–Crippen MR) is 101 cm³/mol. The Morgan fingerprint density at radius 1 is 1.38 bits per heavy atom. The number of para-hydroxylation sites is 1. The standard InChI is InChI=1S/C16H25N3O.HI/c1-5-6-9-12-18-16(17-2)19(3)13-14-10-7-8-11-15(14)20-4;/h5-8,10-11H,9,12-13H2,1-4H3,(H,17,18);1H. The highest BCUT2D eigenvalue weighted by Gasteiger charge is 2.09. The fourth-order valence-corrected chi connectivity index (χ4v) is 1.98. The van der Waals surface area contributed by atoms with Crippen molar-refractivity contribution in [1.29, 1.82) is 0 Å². The number of nitrogens with zero attached hydrogens (tertiary/aromatic N) is 2. The average Bonchev–Trinajstić information content (AvgIpc) is 2.48. The van der Waals surface area contributed by atoms with Crippen LogP contribution in [0.1, 0.15) is 18.9 Å². The lowest BCUT2D eigenvalue weighted by Crippen LogP contribution is -2.38. The zero-order chi connectivity index (χ0) is 14.8. The van der Waals surface area contributed by atoms with Gasteiger partial charge in [0.05, 0.1) is 7.11 Å². The molecule has 21 heavy (non-hydrogen) atoms. The summed E-state index contributed by atoms with van der Waals surface area (Å²) >= 11 is 0. The molecule has 0 saturated heterocycles. The third-order valence-corrected chi connectivity index (χ3v) is 3.00. The van der Waals surface area contributed by atoms with E-state index in [2.05, 4.69) is 33.4 Å². The van der Waals surface area contributed by atoms with Crippen molar-refractivity contribution in [3.05, 3.63) is 42.0 Å². The maximum atomic E-state index is 5.38. The van der Waals surface area contributed by atoms with E-state index in [0.29, 0.717) is 0 Å². The van der Waals surface area contributed by atoms with Crippen LogP contribution in [0.2, 0.25) is 0 Å². The average molecular weight is 403 g/mol. The molecule has 1 aromatic rings. The lowest BCUT2D eigenvalue weighted by atomic mass is 10.2. The van der Waals surface area contributed by atoms with Crippen molar-refractivity contribution in [2.75, 3.05) is 27.7 Å². The number of ether oxygens (including phenoxy) is 1. The first-order valence-corrected chi connectivity index (χ1v) is 6.87. The van der Waals surface area contributed by atoms with Crippen LogP contribution in [-0.4, -0.2) is 38.6 Å². The second kappa shape index (κ2) is 11.4. The van der Waals surface area contributed by atoms with Gasteiger partial charge in [0.25, 0.3) is 0 Å². The molecular formula is C16H26IN3O. The Morgan fingerprint density at radius 3 is 2.71 bits per heavy atom. The quantitative estimate of drug-likeness (QED) is 0.261. The lowest BCUT2D eigenvalue weighted by molar-refractivity contribution is 0.396. The van der Waals surface area contributed by atoms with Gasteiger partial charge >= 0.3 is 0 Å². The highest BCUT2D eigenvalue weighted by atomic mass is 127. The number of rotatable bonds is 6. The largest absolute Gasteiger partial charge is 0.496 e. The minimum Gasteiger partial charge on any atom is -0.496 e. The number of allylic oxidation sites excluding steroid dienone is 1. The van der Waals surface area contributed by atoms with Gasteiger partial charge in [-0.2, -0.15) is 0 Å². The number of benzene rings is 1. The highest BCUT2D eigenvalue weighted by molar-refractivity contribution is 14.0. The molecule has 1 N–H and O–H groups in total. The Morgan fingerprint density at radius 2 is 2.10 bits per heavy atom. The van der Waals surface area contributed by atoms with Gasteiger partial charge in [-0.3, -0.25) is 4.99 Å². The van der Waals surface area contributed by atoms with Gasteiger partial charge in [-0.15, -0.1) is 24.0 Å². The maximum absolute atomic E-state index is 5.38. The topological polar surface area (TPSA) is 36.9 Å². The molecule has 0 atom stereocenters. The number of hydrogen-bond donors (Lipinski definition) is 1. The Labute approximate surface area is 145 Å². The normalized spacial score (nSPS) is 11.1. The van der Waals surface area contributed by atoms with Gasteiger partial charge in [0.2, 0.25) is 0 Å². The second-order valence-electron chi connectivity index (χ2n) is 4.50. The van der Waals surface area contributed by atoms with Gasteiger partial charge in [0.1, 0.15) is 5.75 Å². The minimum absolute atomic E-state index is 0. The van der Waals surface area contributed by atoms with Gasteiger partial charge < -0.3 is 15.0 Å². The van der Waals surface area contributed by atoms with E-state index in [-0.39, 0.29) is 24.0 Å². The van der Waals surface area contributed by atoms with E-state index in [1.54, 1.807) is 14.2 Å². The van der Waals surface area contributed by atoms with Crippen LogP contribution in [0.15, 0.2) is 41.4 Å². The Hall–Kier alpha value is -1.24. The molecule has 0 spiro atoms. The van der Waals surface area contributed by atoms with Crippen molar-refractivity contribution in [3.8, 4) is 5.75 Å². The van der Waals surface area contributed by atoms with E-state index in [1.807, 2.05) is 32.2 Å². The summed E-state index contributed by atoms with van der Waals surface area (Å²) < 4.78 is 5.38. The first-order valence-electron chi connectivity index (χ1n) is 6.87. The first kappa shape index (κ1) is 19.8. The van der Waals surface area contributed by atoms with Crippen LogP contribution >= 0.6 is 24.0 Å². The number of nitrogens with one attached hydrogen (secondary N) is 1. The zero-order valence-corrected chi connectivity index (χ0v) is 15.6. The smallest absolute Gasteiger partial charge is 0.193 e. The van der Waals surface area contributed by atoms with Crippen molar-refractivity contribution in [3.63, 3.8) is 0 Å². The van der Waals surface area contributed by atoms with Crippen LogP contribution in [0.4, 0.5) is 0 Å². The molecule has 0 bridgehead atoms. The van der Waals surface area contributed by atoms with Gasteiger partial charge in [-0.05, 0) is 19.4 Å². The molecule has 5 heteroatoms. The van der Waals surface area contributed by atoms with Crippen LogP contribution in [0, 0.1) is 0 Å². The summed E-state index contributed by atoms with van der Waals surface area (Å²) in [5.74, 6) is 1.80. The van der Waals surface area contributed by atoms with Crippen LogP contribution in [-0.2, 0) is 6.54 Å². The molecule has 0 aliphatic carbocycles. The van der Waals surface area contributed by atoms with Gasteiger partial charge in [0, 0.05) is 32.7 Å². The molecule has 4 nitrogen and oxygen atoms in total. The molecule has 0 fully saturated rings. The SMILES string of the molecule is CC=CCCNC(=NC)N(C)Cc1ccccc1OC.I. The summed E-state index contributed by atoms with van der Waals surface area (Å²) in [5, 5.41) is 3.35. The summed E-state index contributed by atoms with van der Waals surface area (Å²) in [7, 11) is 5.52. The molecule has 0 saturated carbocycles. The fraction of sp³-hybridized carbons (Fsp3) is 0.438. The Bertz CT molecular complexity index is 461. The molecule has 0 radical (unpaired) electrons. The number of aliphatic imine (C=N–C) groups is 1. The molecule has 1 rings (SSSR count). The van der Waals surface area contributed by atoms with Gasteiger partial charge in [-0.25, -0.2) is 0 Å². The molecule has 0 heterocycles. The Kier molecular flexibility index (Phi) is 10.7. The number of methoxy groups -OCH3 is 1. The van der Waals surface area contributed by atoms with Crippen molar-refractivity contribution in [2.24, 2.45) is 4.99 Å². The van der Waals surface area contributed by atoms with Crippen molar-refractivity contribution in [1.82, 2.24) is 10.2 Å². The first-order chi connectivity index (χ1) is 9.72. The summed E-state index contributed by atoms with van der Waals surface area (Å²) in [6.07, 6.45) is 5.20. The second-order valence-corrected chi connectivity index (χ2v) is 4.50. The van der Waals surface area contributed by atoms with Gasteiger partial charge in [-0.1, -0.05) is 30.4 Å². The third kappa shape index (κ3) is 6.84. The summed E-state index contributed by atoms with van der Waals surface area (Å²) in [6, 6.07) is 8.05. The van der Waals surface area contributed by atoms with Crippen molar-refractivity contribution in [2.45, 2.75) is 19.9 Å². The van der Waals surface area contributed by atoms with Crippen molar-refractivity contribution < 1.29 is 4.74 Å². The summed E-state index contributed by atoms with van der Waals surface area (Å²) in [5.41, 5.74) is 1.15. The highest BCUT2D eigenvalue weighted by Crippen LogP contribution is 2.18. The van der Waals surface area contributed by atoms with E-state index in [4.69, 9.17) is 4.74 Å². The minimum atomic E-state index is 0. The number of halogens is 1. The fourth-order valence-electron chi connectivity index (χ4n) is 1.98. The molecule has 0 amide bonds. The molecule has 118 valence electrons. The number of hydrogen-bond acceptors (Lipinski definition) is 2. The van der Waals surface area contributed by atoms with Crippen LogP contribution in [0.5, 0.6) is 5.75 Å². The predicted octanol–water partition coefficient (Wildman–Crippen LogP) is 3.29. The lowest BCUT2D eigenvalue weighted by Gasteiger charge is -2.22. The van der Waals surface area contributed by atoms with Crippen LogP contribution < -0.4 is 10.1 Å². The monoisotopic (exact) mass is 403 g/mol. The van der Waals surface area contributed by atoms with E-state index < -0.39 is 0 Å². The maximum Gasteiger partial charge on any atom is 0.193 e. The van der Waals surface area contributed by atoms with E-state index in [1.165, 1.54) is 0 Å². The molecule has 0 aromatic heterocycles. The summed E-state index contributed by atoms with van der Waals surface area (Å²) in [4.78, 5) is 6.39. The van der Waals surface area contributed by atoms with Crippen molar-refractivity contribution >= 4 is 29.9 Å². The van der Waals surface area contributed by atoms with Crippen LogP contribution in [0.3, 0.4) is 0 Å². The molecule has 0 aliphatic rings. The third-order valence-electron chi connectivity index (χ3n) is 3.00. The van der Waals surface area contributed by atoms with Gasteiger partial charge in [0.15, 0.2) is 5.96 Å². The molecular weight excluding hydrogens is 377 g/mol.